The molecular weight excluding hydrogens is 282 g/mol. The number of carbonyl (C=O) groups is 1. The van der Waals surface area contributed by atoms with Gasteiger partial charge in [-0.2, -0.15) is 0 Å². The van der Waals surface area contributed by atoms with Gasteiger partial charge in [0.15, 0.2) is 0 Å². The first kappa shape index (κ1) is 16.6. The van der Waals surface area contributed by atoms with Gasteiger partial charge in [-0.15, -0.1) is 0 Å². The van der Waals surface area contributed by atoms with Gasteiger partial charge in [0.25, 0.3) is 0 Å². The second-order valence-corrected chi connectivity index (χ2v) is 6.87. The molecule has 0 saturated heterocycles. The van der Waals surface area contributed by atoms with Crippen molar-refractivity contribution in [2.75, 3.05) is 12.3 Å². The number of aryl methyl sites for hydroxylation is 1. The first-order valence-electron chi connectivity index (χ1n) is 6.16. The van der Waals surface area contributed by atoms with E-state index in [1.807, 2.05) is 30.3 Å². The summed E-state index contributed by atoms with van der Waals surface area (Å²) in [7, 11) is -3.55. The number of carboxylic acid groups (broad SMARTS) is 1. The molecule has 0 radical (unpaired) electrons. The molecule has 0 fully saturated rings. The number of nitrogens with one attached hydrogen (secondary N) is 1. The molecule has 7 heteroatoms. The average molecular weight is 301 g/mol. The van der Waals surface area contributed by atoms with E-state index in [2.05, 4.69) is 4.72 Å². The minimum absolute atomic E-state index is 0.111. The Morgan fingerprint density at radius 2 is 1.90 bits per heavy atom. The van der Waals surface area contributed by atoms with Crippen molar-refractivity contribution in [1.29, 1.82) is 0 Å². The van der Waals surface area contributed by atoms with Crippen LogP contribution in [0.4, 0.5) is 0 Å². The van der Waals surface area contributed by atoms with Gasteiger partial charge in [-0.25, -0.2) is 13.1 Å². The highest BCUT2D eigenvalue weighted by molar-refractivity contribution is 7.89. The quantitative estimate of drug-likeness (QED) is 0.644. The maximum Gasteiger partial charge on any atom is 0.306 e. The fourth-order valence-electron chi connectivity index (χ4n) is 1.62. The van der Waals surface area contributed by atoms with Crippen molar-refractivity contribution in [2.24, 2.45) is 0 Å². The highest BCUT2D eigenvalue weighted by Crippen LogP contribution is 2.08. The first-order chi connectivity index (χ1) is 9.20. The van der Waals surface area contributed by atoms with Crippen LogP contribution in [0.15, 0.2) is 30.3 Å². The number of aliphatic carboxylic acids is 1. The molecule has 0 aliphatic heterocycles. The molecule has 3 N–H and O–H groups in total. The number of hydrogen-bond acceptors (Lipinski definition) is 4. The van der Waals surface area contributed by atoms with E-state index in [1.54, 1.807) is 0 Å². The SMILES string of the molecule is CC(O)(CNS(=O)(=O)CCc1ccccc1)CC(=O)O. The molecule has 0 aromatic heterocycles. The van der Waals surface area contributed by atoms with Crippen molar-refractivity contribution in [2.45, 2.75) is 25.4 Å². The number of sulfonamides is 1. The second-order valence-electron chi connectivity index (χ2n) is 4.94. The minimum atomic E-state index is -3.55. The van der Waals surface area contributed by atoms with E-state index in [1.165, 1.54) is 6.92 Å². The van der Waals surface area contributed by atoms with Crippen LogP contribution >= 0.6 is 0 Å². The minimum Gasteiger partial charge on any atom is -0.481 e. The van der Waals surface area contributed by atoms with Crippen molar-refractivity contribution in [1.82, 2.24) is 4.72 Å². The molecule has 0 saturated carbocycles. The molecule has 1 atom stereocenters. The molecular formula is C13H19NO5S. The Bertz CT molecular complexity index is 539. The Hall–Kier alpha value is -1.44. The maximum absolute atomic E-state index is 11.8. The zero-order valence-electron chi connectivity index (χ0n) is 11.2. The van der Waals surface area contributed by atoms with E-state index in [-0.39, 0.29) is 12.3 Å². The largest absolute Gasteiger partial charge is 0.481 e. The van der Waals surface area contributed by atoms with Crippen LogP contribution < -0.4 is 4.72 Å². The molecule has 20 heavy (non-hydrogen) atoms. The lowest BCUT2D eigenvalue weighted by Gasteiger charge is -2.21. The number of benzene rings is 1. The summed E-state index contributed by atoms with van der Waals surface area (Å²) in [6.07, 6.45) is -0.161. The van der Waals surface area contributed by atoms with Crippen LogP contribution in [0.3, 0.4) is 0 Å². The standard InChI is InChI=1S/C13H19NO5S/c1-13(17,9-12(15)16)10-14-20(18,19)8-7-11-5-3-2-4-6-11/h2-6,14,17H,7-10H2,1H3,(H,15,16). The molecule has 0 heterocycles. The van der Waals surface area contributed by atoms with Gasteiger partial charge in [0.2, 0.25) is 10.0 Å². The summed E-state index contributed by atoms with van der Waals surface area (Å²) in [5.74, 6) is -1.29. The molecule has 0 aliphatic carbocycles. The van der Waals surface area contributed by atoms with Crippen LogP contribution in [0.25, 0.3) is 0 Å². The third kappa shape index (κ3) is 6.65. The van der Waals surface area contributed by atoms with Crippen molar-refractivity contribution < 1.29 is 23.4 Å². The van der Waals surface area contributed by atoms with Crippen LogP contribution in [0.1, 0.15) is 18.9 Å². The topological polar surface area (TPSA) is 104 Å². The first-order valence-corrected chi connectivity index (χ1v) is 7.81. The predicted molar refractivity (Wildman–Crippen MR) is 74.8 cm³/mol. The lowest BCUT2D eigenvalue weighted by atomic mass is 10.0. The Morgan fingerprint density at radius 1 is 1.30 bits per heavy atom. The third-order valence-electron chi connectivity index (χ3n) is 2.71. The Labute approximate surface area is 118 Å². The lowest BCUT2D eigenvalue weighted by molar-refractivity contribution is -0.141. The van der Waals surface area contributed by atoms with Gasteiger partial charge in [0.05, 0.1) is 17.8 Å². The average Bonchev–Trinajstić information content (AvgIpc) is 2.34. The summed E-state index contributed by atoms with van der Waals surface area (Å²) >= 11 is 0. The Morgan fingerprint density at radius 3 is 2.45 bits per heavy atom. The predicted octanol–water partition coefficient (Wildman–Crippen LogP) is 0.374. The molecule has 0 aliphatic rings. The van der Waals surface area contributed by atoms with Gasteiger partial charge < -0.3 is 10.2 Å². The third-order valence-corrected chi connectivity index (χ3v) is 4.03. The number of aliphatic hydroxyl groups is 1. The fraction of sp³-hybridized carbons (Fsp3) is 0.462. The van der Waals surface area contributed by atoms with Gasteiger partial charge in [-0.05, 0) is 18.9 Å². The monoisotopic (exact) mass is 301 g/mol. The summed E-state index contributed by atoms with van der Waals surface area (Å²) in [4.78, 5) is 10.5. The lowest BCUT2D eigenvalue weighted by Crippen LogP contribution is -2.42. The molecule has 0 bridgehead atoms. The Balaban J connectivity index is 2.48. The van der Waals surface area contributed by atoms with Crippen LogP contribution in [0.5, 0.6) is 0 Å². The maximum atomic E-state index is 11.8. The van der Waals surface area contributed by atoms with E-state index in [9.17, 15) is 18.3 Å². The van der Waals surface area contributed by atoms with Gasteiger partial charge >= 0.3 is 5.97 Å². The molecule has 1 aromatic rings. The van der Waals surface area contributed by atoms with Crippen LogP contribution in [0.2, 0.25) is 0 Å². The van der Waals surface area contributed by atoms with Crippen LogP contribution in [-0.2, 0) is 21.2 Å². The van der Waals surface area contributed by atoms with Gasteiger partial charge in [0.1, 0.15) is 0 Å². The summed E-state index contributed by atoms with van der Waals surface area (Å²) in [6.45, 7) is 0.956. The van der Waals surface area contributed by atoms with Crippen molar-refractivity contribution >= 4 is 16.0 Å². The number of carboxylic acids is 1. The number of hydrogen-bond donors (Lipinski definition) is 3. The van der Waals surface area contributed by atoms with E-state index < -0.39 is 28.0 Å². The summed E-state index contributed by atoms with van der Waals surface area (Å²) in [5, 5.41) is 18.3. The van der Waals surface area contributed by atoms with E-state index >= 15 is 0 Å². The zero-order chi connectivity index (χ0) is 15.2. The highest BCUT2D eigenvalue weighted by Gasteiger charge is 2.26. The van der Waals surface area contributed by atoms with Crippen molar-refractivity contribution in [3.63, 3.8) is 0 Å². The zero-order valence-corrected chi connectivity index (χ0v) is 12.1. The normalized spacial score (nSPS) is 14.7. The van der Waals surface area contributed by atoms with Crippen LogP contribution in [-0.4, -0.2) is 42.5 Å². The molecule has 6 nitrogen and oxygen atoms in total. The van der Waals surface area contributed by atoms with E-state index in [0.29, 0.717) is 6.42 Å². The van der Waals surface area contributed by atoms with Crippen molar-refractivity contribution in [3.8, 4) is 0 Å². The highest BCUT2D eigenvalue weighted by atomic mass is 32.2. The van der Waals surface area contributed by atoms with Crippen molar-refractivity contribution in [3.05, 3.63) is 35.9 Å². The van der Waals surface area contributed by atoms with Gasteiger partial charge in [0, 0.05) is 6.54 Å². The smallest absolute Gasteiger partial charge is 0.306 e. The van der Waals surface area contributed by atoms with E-state index in [0.717, 1.165) is 5.56 Å². The fourth-order valence-corrected chi connectivity index (χ4v) is 2.80. The second kappa shape index (κ2) is 6.83. The summed E-state index contributed by atoms with van der Waals surface area (Å²) in [5.41, 5.74) is -0.707. The summed E-state index contributed by atoms with van der Waals surface area (Å²) in [6, 6.07) is 9.16. The number of rotatable bonds is 8. The summed E-state index contributed by atoms with van der Waals surface area (Å²) < 4.78 is 25.8. The van der Waals surface area contributed by atoms with Crippen LogP contribution in [0, 0.1) is 0 Å². The Kier molecular flexibility index (Phi) is 5.67. The van der Waals surface area contributed by atoms with E-state index in [4.69, 9.17) is 5.11 Å². The van der Waals surface area contributed by atoms with Gasteiger partial charge in [-0.3, -0.25) is 4.79 Å². The molecule has 1 unspecified atom stereocenters. The molecule has 0 spiro atoms. The molecule has 0 amide bonds. The molecule has 1 aromatic carbocycles. The van der Waals surface area contributed by atoms with Gasteiger partial charge in [-0.1, -0.05) is 30.3 Å². The molecule has 1 rings (SSSR count). The molecule has 112 valence electrons.